The second-order valence-electron chi connectivity index (χ2n) is 4.56. The Hall–Kier alpha value is -2.26. The number of carbonyl (C=O) groups excluding carboxylic acids is 2. The van der Waals surface area contributed by atoms with E-state index in [0.29, 0.717) is 0 Å². The van der Waals surface area contributed by atoms with Gasteiger partial charge in [0.2, 0.25) is 0 Å². The van der Waals surface area contributed by atoms with Crippen LogP contribution in [0.15, 0.2) is 30.5 Å². The van der Waals surface area contributed by atoms with Crippen LogP contribution < -0.4 is 0 Å². The van der Waals surface area contributed by atoms with Gasteiger partial charge in [-0.05, 0) is 40.9 Å². The summed E-state index contributed by atoms with van der Waals surface area (Å²) in [4.78, 5) is 25.1. The number of carbonyl (C=O) groups is 2. The molecule has 0 bridgehead atoms. The van der Waals surface area contributed by atoms with Crippen LogP contribution in [0, 0.1) is 11.8 Å². The zero-order valence-corrected chi connectivity index (χ0v) is 14.4. The number of nitrogens with zero attached hydrogens (tertiary/aromatic N) is 1. The highest BCUT2D eigenvalue weighted by molar-refractivity contribution is 9.15. The average Bonchev–Trinajstić information content (AvgIpc) is 2.54. The molecule has 1 atom stereocenters. The molecule has 2 rings (SSSR count). The Morgan fingerprint density at radius 2 is 1.91 bits per heavy atom. The Labute approximate surface area is 143 Å². The van der Waals surface area contributed by atoms with Gasteiger partial charge in [0.25, 0.3) is 0 Å². The molecular weight excluding hydrogens is 362 g/mol. The van der Waals surface area contributed by atoms with Crippen molar-refractivity contribution in [1.82, 2.24) is 4.90 Å². The maximum atomic E-state index is 12.2. The lowest BCUT2D eigenvalue weighted by atomic mass is 9.96. The third kappa shape index (κ3) is 3.93. The van der Waals surface area contributed by atoms with Gasteiger partial charge in [-0.2, -0.15) is 0 Å². The number of hydrogen-bond donors (Lipinski definition) is 0. The van der Waals surface area contributed by atoms with Crippen molar-refractivity contribution in [2.75, 3.05) is 13.2 Å². The minimum absolute atomic E-state index is 0.250. The summed E-state index contributed by atoms with van der Waals surface area (Å²) in [5, 5.41) is 0. The van der Waals surface area contributed by atoms with Crippen LogP contribution in [0.3, 0.4) is 0 Å². The number of benzene rings is 1. The van der Waals surface area contributed by atoms with E-state index in [1.165, 1.54) is 4.90 Å². The zero-order chi connectivity index (χ0) is 16.8. The second-order valence-corrected chi connectivity index (χ2v) is 5.42. The number of fused-ring (bicyclic) bond motifs is 1. The molecule has 1 unspecified atom stereocenters. The summed E-state index contributed by atoms with van der Waals surface area (Å²) < 4.78 is 10.6. The van der Waals surface area contributed by atoms with Gasteiger partial charge in [0, 0.05) is 16.6 Å². The Morgan fingerprint density at radius 3 is 2.61 bits per heavy atom. The summed E-state index contributed by atoms with van der Waals surface area (Å²) in [5.74, 6) is 4.62. The maximum Gasteiger partial charge on any atom is 0.415 e. The van der Waals surface area contributed by atoms with Gasteiger partial charge in [-0.3, -0.25) is 4.90 Å². The van der Waals surface area contributed by atoms with E-state index < -0.39 is 18.1 Å². The van der Waals surface area contributed by atoms with Crippen molar-refractivity contribution < 1.29 is 19.1 Å². The van der Waals surface area contributed by atoms with Crippen LogP contribution >= 0.6 is 15.9 Å². The summed E-state index contributed by atoms with van der Waals surface area (Å²) in [6.45, 7) is 3.94. The lowest BCUT2D eigenvalue weighted by molar-refractivity contribution is -0.136. The quantitative estimate of drug-likeness (QED) is 0.449. The topological polar surface area (TPSA) is 55.8 Å². The van der Waals surface area contributed by atoms with Gasteiger partial charge in [-0.25, -0.2) is 9.59 Å². The molecule has 1 aromatic carbocycles. The van der Waals surface area contributed by atoms with Crippen molar-refractivity contribution in [2.45, 2.75) is 19.9 Å². The van der Waals surface area contributed by atoms with Crippen molar-refractivity contribution in [2.24, 2.45) is 0 Å². The van der Waals surface area contributed by atoms with Crippen LogP contribution in [0.25, 0.3) is 4.48 Å². The minimum atomic E-state index is -0.623. The minimum Gasteiger partial charge on any atom is -0.456 e. The van der Waals surface area contributed by atoms with E-state index in [2.05, 4.69) is 27.8 Å². The molecule has 6 heteroatoms. The van der Waals surface area contributed by atoms with Gasteiger partial charge in [-0.15, -0.1) is 0 Å². The van der Waals surface area contributed by atoms with Crippen LogP contribution in [0.4, 0.5) is 4.79 Å². The summed E-state index contributed by atoms with van der Waals surface area (Å²) in [6, 6.07) is 6.91. The van der Waals surface area contributed by atoms with E-state index in [0.717, 1.165) is 15.6 Å². The number of rotatable bonds is 2. The lowest BCUT2D eigenvalue weighted by Gasteiger charge is -2.30. The molecule has 0 N–H and O–H groups in total. The van der Waals surface area contributed by atoms with Crippen LogP contribution in [0.1, 0.15) is 31.0 Å². The Bertz CT molecular complexity index is 702. The van der Waals surface area contributed by atoms with Crippen molar-refractivity contribution in [3.05, 3.63) is 41.6 Å². The molecule has 1 aliphatic heterocycles. The Balaban J connectivity index is 2.43. The normalized spacial score (nSPS) is 15.7. The fourth-order valence-electron chi connectivity index (χ4n) is 2.17. The predicted octanol–water partition coefficient (Wildman–Crippen LogP) is 3.46. The van der Waals surface area contributed by atoms with E-state index in [1.807, 2.05) is 24.3 Å². The molecule has 120 valence electrons. The summed E-state index contributed by atoms with van der Waals surface area (Å²) in [6.07, 6.45) is 1.09. The van der Waals surface area contributed by atoms with Gasteiger partial charge in [0.05, 0.1) is 13.2 Å². The first-order valence-corrected chi connectivity index (χ1v) is 7.97. The van der Waals surface area contributed by atoms with E-state index in [4.69, 9.17) is 9.47 Å². The third-order valence-electron chi connectivity index (χ3n) is 3.11. The van der Waals surface area contributed by atoms with Crippen molar-refractivity contribution in [1.29, 1.82) is 0 Å². The fraction of sp³-hybridized carbons (Fsp3) is 0.294. The molecule has 5 nitrogen and oxygen atoms in total. The molecule has 1 amide bonds. The number of amides is 1. The largest absolute Gasteiger partial charge is 0.456 e. The van der Waals surface area contributed by atoms with Crippen LogP contribution in [0.5, 0.6) is 0 Å². The van der Waals surface area contributed by atoms with E-state index in [9.17, 15) is 9.59 Å². The lowest BCUT2D eigenvalue weighted by Crippen LogP contribution is -2.33. The van der Waals surface area contributed by atoms with Crippen LogP contribution in [0.2, 0.25) is 0 Å². The van der Waals surface area contributed by atoms with Crippen molar-refractivity contribution in [3.63, 3.8) is 0 Å². The predicted molar refractivity (Wildman–Crippen MR) is 89.4 cm³/mol. The molecule has 0 aliphatic carbocycles. The molecule has 1 heterocycles. The number of halogens is 1. The maximum absolute atomic E-state index is 12.2. The third-order valence-corrected chi connectivity index (χ3v) is 3.74. The monoisotopic (exact) mass is 377 g/mol. The fourth-order valence-corrected chi connectivity index (χ4v) is 2.75. The molecule has 0 fully saturated rings. The Kier molecular flexibility index (Phi) is 5.83. The highest BCUT2D eigenvalue weighted by Gasteiger charge is 2.30. The molecule has 1 aliphatic rings. The first-order valence-electron chi connectivity index (χ1n) is 7.18. The molecule has 0 saturated heterocycles. The first kappa shape index (κ1) is 17.1. The standard InChI is InChI=1S/C17H16BrNO4/c1-3-22-16(20)10-9-15-13-8-6-5-7-12(13)14(18)11-19(15)17(21)23-4-2/h5-8,11,15H,3-4H2,1-2H3. The van der Waals surface area contributed by atoms with Crippen molar-refractivity contribution in [3.8, 4) is 11.8 Å². The van der Waals surface area contributed by atoms with E-state index >= 15 is 0 Å². The molecule has 1 aromatic rings. The van der Waals surface area contributed by atoms with Crippen molar-refractivity contribution >= 4 is 32.5 Å². The van der Waals surface area contributed by atoms with Gasteiger partial charge >= 0.3 is 12.1 Å². The summed E-state index contributed by atoms with van der Waals surface area (Å²) >= 11 is 3.45. The second kappa shape index (κ2) is 7.84. The van der Waals surface area contributed by atoms with Gasteiger partial charge in [-0.1, -0.05) is 30.2 Å². The number of hydrogen-bond acceptors (Lipinski definition) is 4. The van der Waals surface area contributed by atoms with E-state index in [-0.39, 0.29) is 13.2 Å². The first-order chi connectivity index (χ1) is 11.1. The molecular formula is C17H16BrNO4. The zero-order valence-electron chi connectivity index (χ0n) is 12.8. The summed E-state index contributed by atoms with van der Waals surface area (Å²) in [5.41, 5.74) is 1.72. The van der Waals surface area contributed by atoms with Crippen LogP contribution in [-0.4, -0.2) is 30.2 Å². The Morgan fingerprint density at radius 1 is 1.22 bits per heavy atom. The summed E-state index contributed by atoms with van der Waals surface area (Å²) in [7, 11) is 0. The van der Waals surface area contributed by atoms with Gasteiger partial charge < -0.3 is 9.47 Å². The highest BCUT2D eigenvalue weighted by atomic mass is 79.9. The van der Waals surface area contributed by atoms with E-state index in [1.54, 1.807) is 20.0 Å². The van der Waals surface area contributed by atoms with Gasteiger partial charge in [0.1, 0.15) is 6.04 Å². The SMILES string of the molecule is CCOC(=O)C#CC1c2ccccc2C(Br)=CN1C(=O)OCC. The molecule has 0 spiro atoms. The number of esters is 1. The smallest absolute Gasteiger partial charge is 0.415 e. The highest BCUT2D eigenvalue weighted by Crippen LogP contribution is 2.37. The number of ether oxygens (including phenoxy) is 2. The van der Waals surface area contributed by atoms with Gasteiger partial charge in [0.15, 0.2) is 0 Å². The molecule has 0 saturated carbocycles. The molecule has 0 aromatic heterocycles. The molecule has 0 radical (unpaired) electrons. The molecule has 23 heavy (non-hydrogen) atoms. The van der Waals surface area contributed by atoms with Crippen LogP contribution in [-0.2, 0) is 14.3 Å². The average molecular weight is 378 g/mol.